The minimum absolute atomic E-state index is 0.698. The number of morpholine rings is 1. The summed E-state index contributed by atoms with van der Waals surface area (Å²) in [5.41, 5.74) is 1.19. The van der Waals surface area contributed by atoms with Crippen LogP contribution in [0.3, 0.4) is 0 Å². The lowest BCUT2D eigenvalue weighted by molar-refractivity contribution is 0.0685. The number of nitrogens with zero attached hydrogens (tertiary/aromatic N) is 1. The summed E-state index contributed by atoms with van der Waals surface area (Å²) in [5.74, 6) is 1.57. The Morgan fingerprint density at radius 1 is 1.00 bits per heavy atom. The van der Waals surface area contributed by atoms with Crippen LogP contribution in [0.15, 0.2) is 48.5 Å². The van der Waals surface area contributed by atoms with E-state index in [0.717, 1.165) is 49.2 Å². The summed E-state index contributed by atoms with van der Waals surface area (Å²) >= 11 is 11.4. The Hall–Kier alpha value is -1.62. The Bertz CT molecular complexity index is 652. The lowest BCUT2D eigenvalue weighted by Crippen LogP contribution is -2.40. The second-order valence-corrected chi connectivity index (χ2v) is 6.28. The predicted octanol–water partition coefficient (Wildman–Crippen LogP) is 4.33. The smallest absolute Gasteiger partial charge is 0.127 e. The zero-order valence-electron chi connectivity index (χ0n) is 12.7. The van der Waals surface area contributed by atoms with Crippen molar-refractivity contribution < 1.29 is 9.47 Å². The van der Waals surface area contributed by atoms with Crippen LogP contribution in [0.2, 0.25) is 5.02 Å². The molecular formula is C18H18ClNO2S. The summed E-state index contributed by atoms with van der Waals surface area (Å²) in [4.78, 5) is 3.19. The molecule has 0 radical (unpaired) electrons. The maximum absolute atomic E-state index is 5.87. The fourth-order valence-corrected chi connectivity index (χ4v) is 2.89. The Balaban J connectivity index is 1.58. The van der Waals surface area contributed by atoms with Gasteiger partial charge >= 0.3 is 0 Å². The van der Waals surface area contributed by atoms with Crippen LogP contribution in [-0.4, -0.2) is 36.2 Å². The van der Waals surface area contributed by atoms with Gasteiger partial charge in [0, 0.05) is 24.5 Å². The molecule has 2 aromatic carbocycles. The van der Waals surface area contributed by atoms with Crippen LogP contribution in [0.25, 0.3) is 0 Å². The lowest BCUT2D eigenvalue weighted by Gasteiger charge is -2.29. The first-order chi connectivity index (χ1) is 11.2. The molecule has 2 aromatic rings. The van der Waals surface area contributed by atoms with E-state index in [2.05, 4.69) is 17.0 Å². The average molecular weight is 348 g/mol. The number of ether oxygens (including phenoxy) is 2. The Morgan fingerprint density at radius 2 is 1.57 bits per heavy atom. The van der Waals surface area contributed by atoms with E-state index >= 15 is 0 Å². The zero-order valence-corrected chi connectivity index (χ0v) is 14.3. The number of thiocarbonyl (C=S) groups is 1. The third-order valence-corrected chi connectivity index (χ3v) is 4.35. The van der Waals surface area contributed by atoms with E-state index in [9.17, 15) is 0 Å². The molecule has 0 unspecified atom stereocenters. The Morgan fingerprint density at radius 3 is 2.17 bits per heavy atom. The van der Waals surface area contributed by atoms with E-state index in [1.165, 1.54) is 5.56 Å². The van der Waals surface area contributed by atoms with Gasteiger partial charge in [-0.25, -0.2) is 0 Å². The van der Waals surface area contributed by atoms with E-state index in [-0.39, 0.29) is 0 Å². The molecule has 0 spiro atoms. The minimum atomic E-state index is 0.698. The number of hydrogen-bond acceptors (Lipinski definition) is 3. The standard InChI is InChI=1S/C18H18ClNO2S/c19-15-3-7-17(8-4-15)22-16-5-1-14(2-6-16)13-18(23)20-9-11-21-12-10-20/h1-8H,9-13H2. The first-order valence-corrected chi connectivity index (χ1v) is 8.37. The molecule has 1 aliphatic rings. The highest BCUT2D eigenvalue weighted by atomic mass is 35.5. The van der Waals surface area contributed by atoms with Crippen LogP contribution in [0.5, 0.6) is 11.5 Å². The molecule has 0 amide bonds. The minimum Gasteiger partial charge on any atom is -0.457 e. The van der Waals surface area contributed by atoms with Gasteiger partial charge in [0.25, 0.3) is 0 Å². The van der Waals surface area contributed by atoms with Gasteiger partial charge in [0.1, 0.15) is 11.5 Å². The van der Waals surface area contributed by atoms with E-state index in [1.54, 1.807) is 0 Å². The van der Waals surface area contributed by atoms with Crippen LogP contribution >= 0.6 is 23.8 Å². The summed E-state index contributed by atoms with van der Waals surface area (Å²) < 4.78 is 11.1. The zero-order chi connectivity index (χ0) is 16.1. The van der Waals surface area contributed by atoms with Gasteiger partial charge < -0.3 is 14.4 Å². The van der Waals surface area contributed by atoms with Crippen LogP contribution in [0, 0.1) is 0 Å². The third-order valence-electron chi connectivity index (χ3n) is 3.69. The average Bonchev–Trinajstić information content (AvgIpc) is 2.59. The van der Waals surface area contributed by atoms with Gasteiger partial charge in [0.15, 0.2) is 0 Å². The SMILES string of the molecule is S=C(Cc1ccc(Oc2ccc(Cl)cc2)cc1)N1CCOCC1. The number of benzene rings is 2. The molecular weight excluding hydrogens is 330 g/mol. The van der Waals surface area contributed by atoms with Gasteiger partial charge in [-0.15, -0.1) is 0 Å². The van der Waals surface area contributed by atoms with Crippen LogP contribution in [-0.2, 0) is 11.2 Å². The molecule has 3 nitrogen and oxygen atoms in total. The number of rotatable bonds is 4. The van der Waals surface area contributed by atoms with Crippen LogP contribution in [0.4, 0.5) is 0 Å². The van der Waals surface area contributed by atoms with Crippen molar-refractivity contribution >= 4 is 28.8 Å². The van der Waals surface area contributed by atoms with Gasteiger partial charge in [-0.1, -0.05) is 36.0 Å². The van der Waals surface area contributed by atoms with Crippen molar-refractivity contribution in [3.05, 3.63) is 59.1 Å². The van der Waals surface area contributed by atoms with Gasteiger partial charge in [-0.2, -0.15) is 0 Å². The van der Waals surface area contributed by atoms with Crippen molar-refractivity contribution in [3.63, 3.8) is 0 Å². The van der Waals surface area contributed by atoms with Gasteiger partial charge in [-0.3, -0.25) is 0 Å². The highest BCUT2D eigenvalue weighted by Gasteiger charge is 2.13. The van der Waals surface area contributed by atoms with Crippen LogP contribution in [0.1, 0.15) is 5.56 Å². The van der Waals surface area contributed by atoms with Crippen molar-refractivity contribution in [3.8, 4) is 11.5 Å². The molecule has 3 rings (SSSR count). The molecule has 1 fully saturated rings. The quantitative estimate of drug-likeness (QED) is 0.767. The number of hydrogen-bond donors (Lipinski definition) is 0. The lowest BCUT2D eigenvalue weighted by atomic mass is 10.1. The monoisotopic (exact) mass is 347 g/mol. The molecule has 5 heteroatoms. The third kappa shape index (κ3) is 4.67. The highest BCUT2D eigenvalue weighted by molar-refractivity contribution is 7.80. The normalized spacial score (nSPS) is 14.6. The first kappa shape index (κ1) is 16.2. The van der Waals surface area contributed by atoms with Gasteiger partial charge in [0.05, 0.1) is 18.2 Å². The molecule has 23 heavy (non-hydrogen) atoms. The second-order valence-electron chi connectivity index (χ2n) is 5.37. The molecule has 0 N–H and O–H groups in total. The molecule has 0 bridgehead atoms. The van der Waals surface area contributed by atoms with Gasteiger partial charge in [0.2, 0.25) is 0 Å². The van der Waals surface area contributed by atoms with Crippen molar-refractivity contribution in [1.29, 1.82) is 0 Å². The van der Waals surface area contributed by atoms with Crippen LogP contribution < -0.4 is 4.74 Å². The largest absolute Gasteiger partial charge is 0.457 e. The molecule has 120 valence electrons. The van der Waals surface area contributed by atoms with Crippen molar-refractivity contribution in [1.82, 2.24) is 4.90 Å². The van der Waals surface area contributed by atoms with E-state index < -0.39 is 0 Å². The fraction of sp³-hybridized carbons (Fsp3) is 0.278. The van der Waals surface area contributed by atoms with E-state index in [4.69, 9.17) is 33.3 Å². The summed E-state index contributed by atoms with van der Waals surface area (Å²) in [6, 6.07) is 15.4. The molecule has 0 aromatic heterocycles. The highest BCUT2D eigenvalue weighted by Crippen LogP contribution is 2.23. The molecule has 1 saturated heterocycles. The summed E-state index contributed by atoms with van der Waals surface area (Å²) in [5, 5.41) is 0.698. The maximum atomic E-state index is 5.87. The topological polar surface area (TPSA) is 21.7 Å². The van der Waals surface area contributed by atoms with Crippen molar-refractivity contribution in [2.75, 3.05) is 26.3 Å². The van der Waals surface area contributed by atoms with E-state index in [0.29, 0.717) is 5.02 Å². The van der Waals surface area contributed by atoms with E-state index in [1.807, 2.05) is 36.4 Å². The molecule has 0 atom stereocenters. The molecule has 0 aliphatic carbocycles. The first-order valence-electron chi connectivity index (χ1n) is 7.58. The Labute approximate surface area is 146 Å². The fourth-order valence-electron chi connectivity index (χ4n) is 2.41. The maximum Gasteiger partial charge on any atom is 0.127 e. The van der Waals surface area contributed by atoms with Gasteiger partial charge in [-0.05, 0) is 42.0 Å². The van der Waals surface area contributed by atoms with Crippen molar-refractivity contribution in [2.45, 2.75) is 6.42 Å². The molecule has 1 heterocycles. The predicted molar refractivity (Wildman–Crippen MR) is 96.7 cm³/mol. The molecule has 0 saturated carbocycles. The summed E-state index contributed by atoms with van der Waals surface area (Å²) in [6.07, 6.45) is 0.774. The number of halogens is 1. The van der Waals surface area contributed by atoms with Crippen molar-refractivity contribution in [2.24, 2.45) is 0 Å². The summed E-state index contributed by atoms with van der Waals surface area (Å²) in [7, 11) is 0. The second kappa shape index (κ2) is 7.77. The Kier molecular flexibility index (Phi) is 5.49. The summed E-state index contributed by atoms with van der Waals surface area (Å²) in [6.45, 7) is 3.29. The molecule has 1 aliphatic heterocycles.